The summed E-state index contributed by atoms with van der Waals surface area (Å²) in [6.45, 7) is 7.25. The van der Waals surface area contributed by atoms with Gasteiger partial charge in [-0.3, -0.25) is 0 Å². The summed E-state index contributed by atoms with van der Waals surface area (Å²) in [5.41, 5.74) is 1.40. The van der Waals surface area contributed by atoms with E-state index in [0.29, 0.717) is 5.92 Å². The first-order chi connectivity index (χ1) is 11.4. The molecule has 0 bridgehead atoms. The van der Waals surface area contributed by atoms with E-state index >= 15 is 0 Å². The largest absolute Gasteiger partial charge is 0.333 e. The molecule has 1 aliphatic carbocycles. The Morgan fingerprint density at radius 3 is 2.39 bits per heavy atom. The number of nitrogens with one attached hydrogen (secondary N) is 1. The summed E-state index contributed by atoms with van der Waals surface area (Å²) in [5.74, 6) is 2.81. The first-order valence-corrected chi connectivity index (χ1v) is 9.90. The topological polar surface area (TPSA) is 33.1 Å². The van der Waals surface area contributed by atoms with E-state index in [1.54, 1.807) is 0 Å². The molecule has 128 valence electrons. The lowest BCUT2D eigenvalue weighted by atomic mass is 9.97. The first-order valence-electron chi connectivity index (χ1n) is 9.90. The number of likely N-dealkylation sites (tertiary alicyclic amines) is 1. The zero-order valence-corrected chi connectivity index (χ0v) is 14.5. The number of nitrogens with zero attached hydrogens (tertiary/aromatic N) is 3. The third kappa shape index (κ3) is 3.63. The summed E-state index contributed by atoms with van der Waals surface area (Å²) in [4.78, 5) is 7.80. The Labute approximate surface area is 140 Å². The summed E-state index contributed by atoms with van der Waals surface area (Å²) in [6, 6.07) is 0. The Hall–Kier alpha value is -0.870. The van der Waals surface area contributed by atoms with E-state index in [-0.39, 0.29) is 0 Å². The van der Waals surface area contributed by atoms with Gasteiger partial charge in [-0.1, -0.05) is 12.8 Å². The second-order valence-corrected chi connectivity index (χ2v) is 7.77. The van der Waals surface area contributed by atoms with Crippen LogP contribution in [0.3, 0.4) is 0 Å². The summed E-state index contributed by atoms with van der Waals surface area (Å²) < 4.78 is 2.53. The highest BCUT2D eigenvalue weighted by Crippen LogP contribution is 2.35. The molecule has 0 unspecified atom stereocenters. The van der Waals surface area contributed by atoms with E-state index in [9.17, 15) is 0 Å². The first kappa shape index (κ1) is 15.6. The maximum atomic E-state index is 5.18. The monoisotopic (exact) mass is 316 g/mol. The van der Waals surface area contributed by atoms with Crippen LogP contribution in [-0.4, -0.2) is 47.2 Å². The zero-order valence-electron chi connectivity index (χ0n) is 14.5. The molecule has 3 fully saturated rings. The zero-order chi connectivity index (χ0) is 15.5. The number of piperidine rings is 1. The van der Waals surface area contributed by atoms with Crippen LogP contribution >= 0.6 is 0 Å². The van der Waals surface area contributed by atoms with Crippen LogP contribution in [0.25, 0.3) is 0 Å². The fourth-order valence-corrected chi connectivity index (χ4v) is 4.71. The number of rotatable bonds is 5. The number of aromatic nitrogens is 2. The van der Waals surface area contributed by atoms with Crippen molar-refractivity contribution in [1.29, 1.82) is 0 Å². The van der Waals surface area contributed by atoms with Crippen molar-refractivity contribution in [2.24, 2.45) is 0 Å². The van der Waals surface area contributed by atoms with Crippen LogP contribution in [0.5, 0.6) is 0 Å². The fraction of sp³-hybridized carbons (Fsp3) is 0.842. The molecule has 4 nitrogen and oxygen atoms in total. The van der Waals surface area contributed by atoms with Crippen molar-refractivity contribution in [3.05, 3.63) is 17.7 Å². The van der Waals surface area contributed by atoms with Crippen LogP contribution in [0.1, 0.15) is 74.7 Å². The molecule has 0 amide bonds. The summed E-state index contributed by atoms with van der Waals surface area (Å²) in [6.07, 6.45) is 13.2. The van der Waals surface area contributed by atoms with Crippen LogP contribution in [0.4, 0.5) is 0 Å². The lowest BCUT2D eigenvalue weighted by Gasteiger charge is -2.24. The van der Waals surface area contributed by atoms with Gasteiger partial charge in [-0.15, -0.1) is 0 Å². The van der Waals surface area contributed by atoms with Crippen molar-refractivity contribution in [3.63, 3.8) is 0 Å². The Morgan fingerprint density at radius 2 is 1.65 bits per heavy atom. The average molecular weight is 316 g/mol. The highest BCUT2D eigenvalue weighted by molar-refractivity contribution is 5.14. The molecule has 2 saturated heterocycles. The standard InChI is InChI=1S/C19H32N4/c1-2-6-16(5-1)18-15-23(14-13-22-11-3-4-12-22)19(21-18)17-7-9-20-10-8-17/h15-17,20H,1-14H2. The van der Waals surface area contributed by atoms with Gasteiger partial charge in [0.1, 0.15) is 5.82 Å². The molecule has 1 saturated carbocycles. The van der Waals surface area contributed by atoms with E-state index in [4.69, 9.17) is 4.98 Å². The van der Waals surface area contributed by atoms with Crippen molar-refractivity contribution >= 4 is 0 Å². The Morgan fingerprint density at radius 1 is 0.913 bits per heavy atom. The summed E-state index contributed by atoms with van der Waals surface area (Å²) >= 11 is 0. The highest BCUT2D eigenvalue weighted by Gasteiger charge is 2.25. The van der Waals surface area contributed by atoms with Gasteiger partial charge in [0.15, 0.2) is 0 Å². The SMILES string of the molecule is c1c(C2CCCC2)nc(C2CCNCC2)n1CCN1CCCC1. The predicted molar refractivity (Wildman–Crippen MR) is 94.0 cm³/mol. The van der Waals surface area contributed by atoms with Gasteiger partial charge in [0.25, 0.3) is 0 Å². The predicted octanol–water partition coefficient (Wildman–Crippen LogP) is 3.10. The van der Waals surface area contributed by atoms with Gasteiger partial charge in [-0.05, 0) is 64.7 Å². The normalized spacial score (nSPS) is 24.7. The van der Waals surface area contributed by atoms with Crippen molar-refractivity contribution < 1.29 is 0 Å². The van der Waals surface area contributed by atoms with Gasteiger partial charge < -0.3 is 14.8 Å². The summed E-state index contributed by atoms with van der Waals surface area (Å²) in [7, 11) is 0. The van der Waals surface area contributed by atoms with E-state index < -0.39 is 0 Å². The fourth-order valence-electron chi connectivity index (χ4n) is 4.71. The van der Waals surface area contributed by atoms with Crippen LogP contribution in [-0.2, 0) is 6.54 Å². The van der Waals surface area contributed by atoms with Gasteiger partial charge >= 0.3 is 0 Å². The second kappa shape index (κ2) is 7.35. The Bertz CT molecular complexity index is 491. The lowest BCUT2D eigenvalue weighted by molar-refractivity contribution is 0.316. The molecule has 4 rings (SSSR count). The van der Waals surface area contributed by atoms with Crippen molar-refractivity contribution in [1.82, 2.24) is 19.8 Å². The van der Waals surface area contributed by atoms with Gasteiger partial charge in [0.2, 0.25) is 0 Å². The number of imidazole rings is 1. The number of hydrogen-bond acceptors (Lipinski definition) is 3. The molecule has 23 heavy (non-hydrogen) atoms. The molecule has 1 N–H and O–H groups in total. The third-order valence-corrected chi connectivity index (χ3v) is 6.16. The van der Waals surface area contributed by atoms with Gasteiger partial charge in [-0.25, -0.2) is 4.98 Å². The Balaban J connectivity index is 1.50. The molecule has 0 spiro atoms. The Kier molecular flexibility index (Phi) is 5.00. The van der Waals surface area contributed by atoms with Crippen LogP contribution < -0.4 is 5.32 Å². The molecule has 1 aromatic heterocycles. The molecule has 0 radical (unpaired) electrons. The minimum Gasteiger partial charge on any atom is -0.333 e. The molecule has 3 heterocycles. The van der Waals surface area contributed by atoms with Gasteiger partial charge in [0, 0.05) is 31.1 Å². The molecule has 0 atom stereocenters. The van der Waals surface area contributed by atoms with E-state index in [0.717, 1.165) is 25.6 Å². The van der Waals surface area contributed by atoms with Gasteiger partial charge in [0.05, 0.1) is 5.69 Å². The maximum Gasteiger partial charge on any atom is 0.112 e. The summed E-state index contributed by atoms with van der Waals surface area (Å²) in [5, 5.41) is 3.50. The molecule has 3 aliphatic rings. The average Bonchev–Trinajstić information content (AvgIpc) is 3.33. The van der Waals surface area contributed by atoms with E-state index in [1.807, 2.05) is 0 Å². The quantitative estimate of drug-likeness (QED) is 0.906. The highest BCUT2D eigenvalue weighted by atomic mass is 15.2. The maximum absolute atomic E-state index is 5.18. The second-order valence-electron chi connectivity index (χ2n) is 7.77. The minimum absolute atomic E-state index is 0.671. The van der Waals surface area contributed by atoms with Crippen LogP contribution in [0.2, 0.25) is 0 Å². The lowest BCUT2D eigenvalue weighted by Crippen LogP contribution is -2.29. The van der Waals surface area contributed by atoms with Crippen molar-refractivity contribution in [3.8, 4) is 0 Å². The van der Waals surface area contributed by atoms with E-state index in [2.05, 4.69) is 21.0 Å². The van der Waals surface area contributed by atoms with Crippen LogP contribution in [0.15, 0.2) is 6.20 Å². The molecule has 2 aliphatic heterocycles. The van der Waals surface area contributed by atoms with Crippen molar-refractivity contribution in [2.75, 3.05) is 32.7 Å². The minimum atomic E-state index is 0.671. The molecular weight excluding hydrogens is 284 g/mol. The molecule has 4 heteroatoms. The third-order valence-electron chi connectivity index (χ3n) is 6.16. The molecule has 0 aromatic carbocycles. The van der Waals surface area contributed by atoms with Gasteiger partial charge in [-0.2, -0.15) is 0 Å². The number of hydrogen-bond donors (Lipinski definition) is 1. The smallest absolute Gasteiger partial charge is 0.112 e. The van der Waals surface area contributed by atoms with Crippen molar-refractivity contribution in [2.45, 2.75) is 69.7 Å². The van der Waals surface area contributed by atoms with Crippen LogP contribution in [0, 0.1) is 0 Å². The van der Waals surface area contributed by atoms with E-state index in [1.165, 1.54) is 82.5 Å². The molecular formula is C19H32N4. The molecule has 1 aromatic rings.